The number of imidazole rings is 1. The minimum atomic E-state index is -0.0914. The zero-order valence-electron chi connectivity index (χ0n) is 7.16. The van der Waals surface area contributed by atoms with Crippen LogP contribution in [0.15, 0.2) is 11.0 Å². The summed E-state index contributed by atoms with van der Waals surface area (Å²) < 4.78 is 2.96. The van der Waals surface area contributed by atoms with E-state index in [2.05, 4.69) is 0 Å². The lowest BCUT2D eigenvalue weighted by atomic mass is 10.3. The van der Waals surface area contributed by atoms with Crippen LogP contribution in [-0.2, 0) is 20.5 Å². The molecule has 1 aromatic rings. The van der Waals surface area contributed by atoms with Gasteiger partial charge in [-0.3, -0.25) is 9.98 Å². The highest BCUT2D eigenvalue weighted by atomic mass is 16.1. The number of nitrogens with one attached hydrogen (secondary N) is 1. The second kappa shape index (κ2) is 2.84. The summed E-state index contributed by atoms with van der Waals surface area (Å²) >= 11 is 0. The van der Waals surface area contributed by atoms with Gasteiger partial charge in [0.1, 0.15) is 0 Å². The lowest BCUT2D eigenvalue weighted by Crippen LogP contribution is -2.22. The Balaban J connectivity index is 3.10. The van der Waals surface area contributed by atoms with Crippen molar-refractivity contribution in [2.45, 2.75) is 6.42 Å². The van der Waals surface area contributed by atoms with Gasteiger partial charge in [0.05, 0.1) is 5.84 Å². The van der Waals surface area contributed by atoms with Gasteiger partial charge in [-0.05, 0) is 0 Å². The van der Waals surface area contributed by atoms with Gasteiger partial charge in [-0.25, -0.2) is 4.79 Å². The predicted octanol–water partition coefficient (Wildman–Crippen LogP) is -0.798. The molecule has 12 heavy (non-hydrogen) atoms. The Morgan fingerprint density at radius 1 is 1.67 bits per heavy atom. The maximum atomic E-state index is 11.2. The number of rotatable bonds is 2. The Morgan fingerprint density at radius 2 is 2.25 bits per heavy atom. The van der Waals surface area contributed by atoms with Crippen LogP contribution in [0.3, 0.4) is 0 Å². The first-order valence-corrected chi connectivity index (χ1v) is 3.56. The Bertz CT molecular complexity index is 360. The molecule has 0 bridgehead atoms. The van der Waals surface area contributed by atoms with Crippen molar-refractivity contribution in [3.8, 4) is 0 Å². The van der Waals surface area contributed by atoms with Crippen molar-refractivity contribution in [1.29, 1.82) is 5.41 Å². The largest absolute Gasteiger partial charge is 0.387 e. The Morgan fingerprint density at radius 3 is 2.58 bits per heavy atom. The summed E-state index contributed by atoms with van der Waals surface area (Å²) in [6.07, 6.45) is 2.01. The van der Waals surface area contributed by atoms with Gasteiger partial charge in [-0.15, -0.1) is 0 Å². The molecular weight excluding hydrogens is 156 g/mol. The fourth-order valence-corrected chi connectivity index (χ4v) is 1.08. The van der Waals surface area contributed by atoms with Gasteiger partial charge < -0.3 is 10.3 Å². The number of nitrogens with two attached hydrogens (primary N) is 1. The molecule has 1 aromatic heterocycles. The summed E-state index contributed by atoms with van der Waals surface area (Å²) in [4.78, 5) is 11.2. The van der Waals surface area contributed by atoms with Gasteiger partial charge in [-0.2, -0.15) is 0 Å². The van der Waals surface area contributed by atoms with E-state index in [-0.39, 0.29) is 11.5 Å². The maximum Gasteiger partial charge on any atom is 0.327 e. The molecule has 0 aromatic carbocycles. The minimum Gasteiger partial charge on any atom is -0.387 e. The highest BCUT2D eigenvalue weighted by Gasteiger charge is 2.05. The van der Waals surface area contributed by atoms with Gasteiger partial charge in [0, 0.05) is 32.4 Å². The zero-order valence-corrected chi connectivity index (χ0v) is 7.16. The molecular formula is C7H12N4O. The Labute approximate surface area is 69.9 Å². The van der Waals surface area contributed by atoms with Crippen molar-refractivity contribution < 1.29 is 0 Å². The highest BCUT2D eigenvalue weighted by molar-refractivity contribution is 5.78. The topological polar surface area (TPSA) is 76.8 Å². The normalized spacial score (nSPS) is 10.2. The fraction of sp³-hybridized carbons (Fsp3) is 0.429. The second-order valence-corrected chi connectivity index (χ2v) is 2.77. The molecule has 0 amide bonds. The van der Waals surface area contributed by atoms with E-state index in [1.54, 1.807) is 20.3 Å². The van der Waals surface area contributed by atoms with Crippen LogP contribution in [0.5, 0.6) is 0 Å². The third kappa shape index (κ3) is 1.39. The molecule has 0 aliphatic rings. The van der Waals surface area contributed by atoms with Crippen LogP contribution in [0, 0.1) is 5.41 Å². The molecule has 5 heteroatoms. The molecule has 0 saturated heterocycles. The first-order valence-electron chi connectivity index (χ1n) is 3.56. The van der Waals surface area contributed by atoms with E-state index < -0.39 is 0 Å². The van der Waals surface area contributed by atoms with E-state index in [9.17, 15) is 4.79 Å². The number of hydrogen-bond acceptors (Lipinski definition) is 2. The molecule has 0 unspecified atom stereocenters. The van der Waals surface area contributed by atoms with E-state index in [1.165, 1.54) is 9.13 Å². The fourth-order valence-electron chi connectivity index (χ4n) is 1.08. The average Bonchev–Trinajstić information content (AvgIpc) is 2.17. The Kier molecular flexibility index (Phi) is 2.03. The molecule has 66 valence electrons. The van der Waals surface area contributed by atoms with Gasteiger partial charge in [0.15, 0.2) is 0 Å². The summed E-state index contributed by atoms with van der Waals surface area (Å²) in [5, 5.41) is 7.06. The van der Waals surface area contributed by atoms with Crippen molar-refractivity contribution in [2.24, 2.45) is 19.8 Å². The van der Waals surface area contributed by atoms with Gasteiger partial charge in [0.2, 0.25) is 0 Å². The molecule has 0 saturated carbocycles. The van der Waals surface area contributed by atoms with Crippen LogP contribution in [0.2, 0.25) is 0 Å². The van der Waals surface area contributed by atoms with Crippen LogP contribution in [0.4, 0.5) is 0 Å². The van der Waals surface area contributed by atoms with E-state index in [0.29, 0.717) is 6.42 Å². The molecule has 1 rings (SSSR count). The van der Waals surface area contributed by atoms with Crippen LogP contribution in [-0.4, -0.2) is 15.0 Å². The van der Waals surface area contributed by atoms with Gasteiger partial charge in [0.25, 0.3) is 0 Å². The van der Waals surface area contributed by atoms with Crippen molar-refractivity contribution in [3.05, 3.63) is 22.4 Å². The van der Waals surface area contributed by atoms with Crippen LogP contribution in [0.1, 0.15) is 5.69 Å². The maximum absolute atomic E-state index is 11.2. The SMILES string of the molecule is Cn1cc(CC(=N)N)n(C)c1=O. The first-order chi connectivity index (χ1) is 5.52. The minimum absolute atomic E-state index is 0.0659. The number of aryl methyl sites for hydroxylation is 1. The summed E-state index contributed by atoms with van der Waals surface area (Å²) in [6, 6.07) is 0. The summed E-state index contributed by atoms with van der Waals surface area (Å²) in [7, 11) is 3.34. The average molecular weight is 168 g/mol. The van der Waals surface area contributed by atoms with E-state index >= 15 is 0 Å². The summed E-state index contributed by atoms with van der Waals surface area (Å²) in [5.74, 6) is 0.0659. The standard InChI is InChI=1S/C7H12N4O/c1-10-4-5(3-6(8)9)11(2)7(10)12/h4H,3H2,1-2H3,(H3,8,9). The van der Waals surface area contributed by atoms with Crippen molar-refractivity contribution in [2.75, 3.05) is 0 Å². The van der Waals surface area contributed by atoms with E-state index in [0.717, 1.165) is 5.69 Å². The highest BCUT2D eigenvalue weighted by Crippen LogP contribution is 1.94. The summed E-state index contributed by atoms with van der Waals surface area (Å²) in [6.45, 7) is 0. The van der Waals surface area contributed by atoms with E-state index in [1.807, 2.05) is 0 Å². The van der Waals surface area contributed by atoms with Crippen molar-refractivity contribution in [3.63, 3.8) is 0 Å². The lowest BCUT2D eigenvalue weighted by molar-refractivity contribution is 0.761. The molecule has 0 radical (unpaired) electrons. The van der Waals surface area contributed by atoms with Crippen LogP contribution < -0.4 is 11.4 Å². The number of nitrogens with zero attached hydrogens (tertiary/aromatic N) is 2. The zero-order chi connectivity index (χ0) is 9.30. The van der Waals surface area contributed by atoms with Gasteiger partial charge >= 0.3 is 5.69 Å². The quantitative estimate of drug-likeness (QED) is 0.448. The third-order valence-corrected chi connectivity index (χ3v) is 1.73. The first kappa shape index (κ1) is 8.58. The molecule has 0 aliphatic heterocycles. The lowest BCUT2D eigenvalue weighted by Gasteiger charge is -1.97. The monoisotopic (exact) mass is 168 g/mol. The third-order valence-electron chi connectivity index (χ3n) is 1.73. The Hall–Kier alpha value is -1.52. The number of amidine groups is 1. The number of hydrogen-bond donors (Lipinski definition) is 2. The van der Waals surface area contributed by atoms with E-state index in [4.69, 9.17) is 11.1 Å². The molecule has 1 heterocycles. The number of aromatic nitrogens is 2. The van der Waals surface area contributed by atoms with Crippen LogP contribution in [0.25, 0.3) is 0 Å². The van der Waals surface area contributed by atoms with Gasteiger partial charge in [-0.1, -0.05) is 0 Å². The molecule has 0 aliphatic carbocycles. The molecule has 3 N–H and O–H groups in total. The molecule has 0 fully saturated rings. The molecule has 5 nitrogen and oxygen atoms in total. The molecule has 0 atom stereocenters. The smallest absolute Gasteiger partial charge is 0.327 e. The summed E-state index contributed by atoms with van der Waals surface area (Å²) in [5.41, 5.74) is 5.88. The van der Waals surface area contributed by atoms with Crippen molar-refractivity contribution in [1.82, 2.24) is 9.13 Å². The predicted molar refractivity (Wildman–Crippen MR) is 46.3 cm³/mol. The second-order valence-electron chi connectivity index (χ2n) is 2.77. The van der Waals surface area contributed by atoms with Crippen LogP contribution >= 0.6 is 0 Å². The van der Waals surface area contributed by atoms with Crippen molar-refractivity contribution >= 4 is 5.84 Å². The molecule has 0 spiro atoms.